The fourth-order valence-electron chi connectivity index (χ4n) is 3.04. The fraction of sp³-hybridized carbons (Fsp3) is 0.471. The summed E-state index contributed by atoms with van der Waals surface area (Å²) in [4.78, 5) is 17.9. The molecule has 5 nitrogen and oxygen atoms in total. The standard InChI is InChI=1S/C17H21N3O2/c1-12-6-3-4-8-15(12)17-18-16(22-19-17)10-14-7-5-9-20(11-14)13(2)21/h3-4,6,8,14H,5,7,9-11H2,1-2H3/t14-/m0/s1. The summed E-state index contributed by atoms with van der Waals surface area (Å²) in [5, 5.41) is 4.10. The molecule has 0 aliphatic carbocycles. The van der Waals surface area contributed by atoms with Gasteiger partial charge in [-0.2, -0.15) is 4.98 Å². The summed E-state index contributed by atoms with van der Waals surface area (Å²) in [6.07, 6.45) is 2.89. The quantitative estimate of drug-likeness (QED) is 0.874. The number of amides is 1. The van der Waals surface area contributed by atoms with Gasteiger partial charge in [0.15, 0.2) is 0 Å². The molecule has 1 amide bonds. The highest BCUT2D eigenvalue weighted by atomic mass is 16.5. The van der Waals surface area contributed by atoms with Crippen LogP contribution in [0.3, 0.4) is 0 Å². The Kier molecular flexibility index (Phi) is 4.22. The van der Waals surface area contributed by atoms with Gasteiger partial charge < -0.3 is 9.42 Å². The molecule has 0 unspecified atom stereocenters. The van der Waals surface area contributed by atoms with Gasteiger partial charge >= 0.3 is 0 Å². The first-order valence-corrected chi connectivity index (χ1v) is 7.77. The van der Waals surface area contributed by atoms with Crippen LogP contribution in [-0.2, 0) is 11.2 Å². The zero-order chi connectivity index (χ0) is 15.5. The summed E-state index contributed by atoms with van der Waals surface area (Å²) in [7, 11) is 0. The number of likely N-dealkylation sites (tertiary alicyclic amines) is 1. The van der Waals surface area contributed by atoms with Crippen molar-refractivity contribution in [2.75, 3.05) is 13.1 Å². The molecule has 3 rings (SSSR count). The Morgan fingerprint density at radius 1 is 1.41 bits per heavy atom. The van der Waals surface area contributed by atoms with Crippen molar-refractivity contribution in [1.29, 1.82) is 0 Å². The molecule has 0 saturated carbocycles. The highest BCUT2D eigenvalue weighted by Crippen LogP contribution is 2.23. The second-order valence-electron chi connectivity index (χ2n) is 6.00. The molecule has 1 aliphatic rings. The molecule has 0 bridgehead atoms. The van der Waals surface area contributed by atoms with Crippen molar-refractivity contribution >= 4 is 5.91 Å². The Bertz CT molecular complexity index is 665. The van der Waals surface area contributed by atoms with Gasteiger partial charge in [-0.25, -0.2) is 0 Å². The molecule has 5 heteroatoms. The minimum absolute atomic E-state index is 0.149. The van der Waals surface area contributed by atoms with E-state index in [-0.39, 0.29) is 5.91 Å². The molecule has 0 spiro atoms. The zero-order valence-corrected chi connectivity index (χ0v) is 13.1. The van der Waals surface area contributed by atoms with Crippen LogP contribution < -0.4 is 0 Å². The Morgan fingerprint density at radius 3 is 3.00 bits per heavy atom. The number of carbonyl (C=O) groups is 1. The normalized spacial score (nSPS) is 18.5. The van der Waals surface area contributed by atoms with Gasteiger partial charge in [0.25, 0.3) is 0 Å². The van der Waals surface area contributed by atoms with E-state index >= 15 is 0 Å². The fourth-order valence-corrected chi connectivity index (χ4v) is 3.04. The van der Waals surface area contributed by atoms with Crippen molar-refractivity contribution in [3.8, 4) is 11.4 Å². The van der Waals surface area contributed by atoms with E-state index < -0.39 is 0 Å². The highest BCUT2D eigenvalue weighted by Gasteiger charge is 2.23. The molecule has 1 saturated heterocycles. The number of hydrogen-bond donors (Lipinski definition) is 0. The topological polar surface area (TPSA) is 59.2 Å². The zero-order valence-electron chi connectivity index (χ0n) is 13.1. The van der Waals surface area contributed by atoms with Gasteiger partial charge in [-0.1, -0.05) is 29.4 Å². The molecule has 1 aliphatic heterocycles. The molecule has 22 heavy (non-hydrogen) atoms. The van der Waals surface area contributed by atoms with Crippen molar-refractivity contribution in [3.63, 3.8) is 0 Å². The van der Waals surface area contributed by atoms with E-state index in [9.17, 15) is 4.79 Å². The first-order valence-electron chi connectivity index (χ1n) is 7.77. The summed E-state index contributed by atoms with van der Waals surface area (Å²) >= 11 is 0. The highest BCUT2D eigenvalue weighted by molar-refractivity contribution is 5.73. The number of piperidine rings is 1. The van der Waals surface area contributed by atoms with Gasteiger partial charge in [0.2, 0.25) is 17.6 Å². The second kappa shape index (κ2) is 6.30. The number of hydrogen-bond acceptors (Lipinski definition) is 4. The minimum Gasteiger partial charge on any atom is -0.343 e. The first kappa shape index (κ1) is 14.8. The van der Waals surface area contributed by atoms with Crippen molar-refractivity contribution in [2.24, 2.45) is 5.92 Å². The van der Waals surface area contributed by atoms with Gasteiger partial charge in [-0.15, -0.1) is 0 Å². The van der Waals surface area contributed by atoms with E-state index in [0.717, 1.165) is 43.5 Å². The molecule has 0 radical (unpaired) electrons. The van der Waals surface area contributed by atoms with E-state index in [2.05, 4.69) is 10.1 Å². The molecular weight excluding hydrogens is 278 g/mol. The summed E-state index contributed by atoms with van der Waals surface area (Å²) in [5.41, 5.74) is 2.14. The van der Waals surface area contributed by atoms with E-state index in [1.807, 2.05) is 36.1 Å². The molecular formula is C17H21N3O2. The Morgan fingerprint density at radius 2 is 2.23 bits per heavy atom. The SMILES string of the molecule is CC(=O)N1CCC[C@@H](Cc2nc(-c3ccccc3C)no2)C1. The van der Waals surface area contributed by atoms with Crippen LogP contribution in [0, 0.1) is 12.8 Å². The molecule has 0 N–H and O–H groups in total. The van der Waals surface area contributed by atoms with Gasteiger partial charge in [0, 0.05) is 32.0 Å². The summed E-state index contributed by atoms with van der Waals surface area (Å²) in [6.45, 7) is 5.32. The average molecular weight is 299 g/mol. The molecule has 1 aromatic heterocycles. The number of rotatable bonds is 3. The Hall–Kier alpha value is -2.17. The van der Waals surface area contributed by atoms with Crippen LogP contribution in [-0.4, -0.2) is 34.0 Å². The average Bonchev–Trinajstić information content (AvgIpc) is 2.96. The van der Waals surface area contributed by atoms with Crippen LogP contribution in [0.15, 0.2) is 28.8 Å². The molecule has 1 aromatic carbocycles. The Balaban J connectivity index is 1.70. The maximum Gasteiger partial charge on any atom is 0.227 e. The van der Waals surface area contributed by atoms with Crippen molar-refractivity contribution in [2.45, 2.75) is 33.1 Å². The maximum absolute atomic E-state index is 11.5. The lowest BCUT2D eigenvalue weighted by molar-refractivity contribution is -0.130. The third kappa shape index (κ3) is 3.18. The number of nitrogens with zero attached hydrogens (tertiary/aromatic N) is 3. The predicted octanol–water partition coefficient (Wildman–Crippen LogP) is 2.85. The summed E-state index contributed by atoms with van der Waals surface area (Å²) in [6, 6.07) is 8.02. The smallest absolute Gasteiger partial charge is 0.227 e. The third-order valence-corrected chi connectivity index (χ3v) is 4.28. The lowest BCUT2D eigenvalue weighted by Gasteiger charge is -2.31. The predicted molar refractivity (Wildman–Crippen MR) is 83.2 cm³/mol. The number of benzene rings is 1. The number of aryl methyl sites for hydroxylation is 1. The monoisotopic (exact) mass is 299 g/mol. The van der Waals surface area contributed by atoms with Gasteiger partial charge in [0.1, 0.15) is 0 Å². The lowest BCUT2D eigenvalue weighted by Crippen LogP contribution is -2.39. The minimum atomic E-state index is 0.149. The largest absolute Gasteiger partial charge is 0.343 e. The number of carbonyl (C=O) groups excluding carboxylic acids is 1. The summed E-state index contributed by atoms with van der Waals surface area (Å²) in [5.74, 6) is 1.86. The van der Waals surface area contributed by atoms with Crippen molar-refractivity contribution < 1.29 is 9.32 Å². The molecule has 1 fully saturated rings. The number of aromatic nitrogens is 2. The molecule has 1 atom stereocenters. The maximum atomic E-state index is 11.5. The van der Waals surface area contributed by atoms with Crippen molar-refractivity contribution in [3.05, 3.63) is 35.7 Å². The van der Waals surface area contributed by atoms with E-state index in [4.69, 9.17) is 4.52 Å². The van der Waals surface area contributed by atoms with E-state index in [1.54, 1.807) is 6.92 Å². The van der Waals surface area contributed by atoms with E-state index in [1.165, 1.54) is 0 Å². The van der Waals surface area contributed by atoms with Gasteiger partial charge in [-0.3, -0.25) is 4.79 Å². The first-order chi connectivity index (χ1) is 10.6. The van der Waals surface area contributed by atoms with Crippen LogP contribution >= 0.6 is 0 Å². The van der Waals surface area contributed by atoms with Crippen LogP contribution in [0.4, 0.5) is 0 Å². The van der Waals surface area contributed by atoms with Crippen molar-refractivity contribution in [1.82, 2.24) is 15.0 Å². The van der Waals surface area contributed by atoms with Crippen LogP contribution in [0.5, 0.6) is 0 Å². The Labute approximate surface area is 130 Å². The van der Waals surface area contributed by atoms with Gasteiger partial charge in [0.05, 0.1) is 0 Å². The molecule has 116 valence electrons. The molecule has 2 heterocycles. The van der Waals surface area contributed by atoms with E-state index in [0.29, 0.717) is 17.6 Å². The second-order valence-corrected chi connectivity index (χ2v) is 6.00. The summed E-state index contributed by atoms with van der Waals surface area (Å²) < 4.78 is 5.41. The van der Waals surface area contributed by atoms with Crippen LogP contribution in [0.2, 0.25) is 0 Å². The van der Waals surface area contributed by atoms with Crippen LogP contribution in [0.1, 0.15) is 31.2 Å². The van der Waals surface area contributed by atoms with Gasteiger partial charge in [-0.05, 0) is 31.2 Å². The third-order valence-electron chi connectivity index (χ3n) is 4.28. The molecule has 2 aromatic rings. The van der Waals surface area contributed by atoms with Crippen LogP contribution in [0.25, 0.3) is 11.4 Å². The lowest BCUT2D eigenvalue weighted by atomic mass is 9.95.